The monoisotopic (exact) mass is 309 g/mol. The number of nitrogens with zero attached hydrogens (tertiary/aromatic N) is 1. The molecule has 0 spiro atoms. The Kier molecular flexibility index (Phi) is 14.6. The smallest absolute Gasteiger partial charge is 0.369 e. The summed E-state index contributed by atoms with van der Waals surface area (Å²) in [5, 5.41) is 3.34. The number of anilines is 1. The second-order valence-corrected chi connectivity index (χ2v) is 3.57. The third kappa shape index (κ3) is 8.03. The van der Waals surface area contributed by atoms with Crippen LogP contribution in [0.4, 0.5) is 5.69 Å². The zero-order chi connectivity index (χ0) is 10.9. The zero-order valence-corrected chi connectivity index (χ0v) is 13.8. The van der Waals surface area contributed by atoms with Gasteiger partial charge in [-0.3, -0.25) is 0 Å². The largest absolute Gasteiger partial charge is 2.00 e. The minimum atomic E-state index is 0. The third-order valence-corrected chi connectivity index (χ3v) is 2.24. The number of nitrogens with one attached hydrogen (secondary N) is 1. The van der Waals surface area contributed by atoms with Gasteiger partial charge < -0.3 is 17.1 Å². The van der Waals surface area contributed by atoms with Crippen molar-refractivity contribution in [2.75, 3.05) is 31.1 Å². The zero-order valence-electron chi connectivity index (χ0n) is 10.7. The molecular weight excluding hydrogens is 288 g/mol. The van der Waals surface area contributed by atoms with E-state index in [-0.39, 0.29) is 40.0 Å². The topological polar surface area (TPSA) is 15.3 Å². The van der Waals surface area contributed by atoms with E-state index in [1.165, 1.54) is 5.69 Å². The van der Waals surface area contributed by atoms with E-state index in [0.29, 0.717) is 0 Å². The second kappa shape index (κ2) is 12.7. The molecule has 1 aliphatic heterocycles. The second-order valence-electron chi connectivity index (χ2n) is 3.57. The first-order valence-corrected chi connectivity index (χ1v) is 5.68. The Labute approximate surface area is 132 Å². The summed E-state index contributed by atoms with van der Waals surface area (Å²) in [5.74, 6) is 0. The van der Waals surface area contributed by atoms with Crippen molar-refractivity contribution in [2.45, 2.75) is 13.3 Å². The molecule has 4 heteroatoms. The molecule has 1 aliphatic rings. The maximum atomic E-state index is 3.49. The molecule has 0 unspecified atom stereocenters. The molecule has 0 amide bonds. The number of halogens is 1. The molecule has 0 bridgehead atoms. The van der Waals surface area contributed by atoms with Crippen LogP contribution >= 0.6 is 17.0 Å². The maximum Gasteiger partial charge on any atom is 2.00 e. The Hall–Kier alpha value is 0.226. The fraction of sp³-hybridized carbons (Fsp3) is 0.462. The van der Waals surface area contributed by atoms with Gasteiger partial charge in [0.1, 0.15) is 0 Å². The predicted molar refractivity (Wildman–Crippen MR) is 83.2 cm³/mol. The Balaban J connectivity index is 0. The molecule has 1 aromatic rings. The molecule has 0 atom stereocenters. The third-order valence-electron chi connectivity index (χ3n) is 2.24. The van der Waals surface area contributed by atoms with E-state index in [1.54, 1.807) is 0 Å². The van der Waals surface area contributed by atoms with E-state index < -0.39 is 0 Å². The molecule has 1 fully saturated rings. The van der Waals surface area contributed by atoms with Crippen LogP contribution in [0.25, 0.3) is 0 Å². The average Bonchev–Trinajstić information content (AvgIpc) is 2.32. The van der Waals surface area contributed by atoms with Crippen molar-refractivity contribution in [3.8, 4) is 0 Å². The maximum absolute atomic E-state index is 3.49. The number of rotatable bonds is 1. The van der Waals surface area contributed by atoms with Gasteiger partial charge in [0.2, 0.25) is 0 Å². The van der Waals surface area contributed by atoms with Gasteiger partial charge in [-0.05, 0) is 12.1 Å². The molecule has 2 nitrogen and oxygen atoms in total. The summed E-state index contributed by atoms with van der Waals surface area (Å²) in [5.41, 5.74) is 1.35. The fourth-order valence-electron chi connectivity index (χ4n) is 1.56. The van der Waals surface area contributed by atoms with E-state index in [9.17, 15) is 0 Å². The van der Waals surface area contributed by atoms with E-state index in [2.05, 4.69) is 47.5 Å². The molecule has 0 saturated carbocycles. The van der Waals surface area contributed by atoms with Gasteiger partial charge in [0, 0.05) is 31.9 Å². The molecule has 0 aliphatic carbocycles. The van der Waals surface area contributed by atoms with Crippen molar-refractivity contribution < 1.29 is 0 Å². The van der Waals surface area contributed by atoms with Crippen molar-refractivity contribution in [3.05, 3.63) is 37.3 Å². The van der Waals surface area contributed by atoms with Crippen LogP contribution in [0.1, 0.15) is 13.3 Å². The van der Waals surface area contributed by atoms with Crippen molar-refractivity contribution >= 4 is 45.7 Å². The van der Waals surface area contributed by atoms with Gasteiger partial charge in [-0.2, -0.15) is 6.42 Å². The summed E-state index contributed by atoms with van der Waals surface area (Å²) in [7, 11) is 0. The quantitative estimate of drug-likeness (QED) is 0.633. The van der Waals surface area contributed by atoms with Crippen LogP contribution in [0.15, 0.2) is 30.3 Å². The first-order valence-electron chi connectivity index (χ1n) is 5.68. The summed E-state index contributed by atoms with van der Waals surface area (Å²) >= 11 is 0. The number of hydrogen-bond donors (Lipinski definition) is 1. The van der Waals surface area contributed by atoms with E-state index in [4.69, 9.17) is 0 Å². The molecular formula is C13H22BrMgN2+. The number of hydrogen-bond acceptors (Lipinski definition) is 2. The summed E-state index contributed by atoms with van der Waals surface area (Å²) in [6.45, 7) is 9.97. The van der Waals surface area contributed by atoms with E-state index in [1.807, 2.05) is 6.92 Å². The molecule has 1 heterocycles. The first-order chi connectivity index (χ1) is 7.38. The SMILES string of the molecule is Br.[CH2-]CC.[Mg+2].c1ccc(N2CCNCC2)cc1. The normalized spacial score (nSPS) is 13.6. The Morgan fingerprint density at radius 2 is 1.65 bits per heavy atom. The van der Waals surface area contributed by atoms with Crippen LogP contribution in [0, 0.1) is 6.92 Å². The van der Waals surface area contributed by atoms with Gasteiger partial charge >= 0.3 is 23.1 Å². The molecule has 1 saturated heterocycles. The minimum Gasteiger partial charge on any atom is -0.369 e. The van der Waals surface area contributed by atoms with E-state index in [0.717, 1.165) is 32.6 Å². The first kappa shape index (κ1) is 19.6. The fourth-order valence-corrected chi connectivity index (χ4v) is 1.56. The predicted octanol–water partition coefficient (Wildman–Crippen LogP) is 2.52. The van der Waals surface area contributed by atoms with Gasteiger partial charge in [0.15, 0.2) is 0 Å². The van der Waals surface area contributed by atoms with Crippen LogP contribution in [-0.4, -0.2) is 49.2 Å². The van der Waals surface area contributed by atoms with Gasteiger partial charge in [-0.1, -0.05) is 25.1 Å². The molecule has 1 N–H and O–H groups in total. The molecule has 0 aromatic heterocycles. The van der Waals surface area contributed by atoms with Crippen LogP contribution in [-0.2, 0) is 0 Å². The standard InChI is InChI=1S/C10H14N2.C3H7.BrH.Mg/c1-2-4-10(5-3-1)12-8-6-11-7-9-12;1-3-2;;/h1-5,11H,6-9H2;1,3H2,2H3;1H;/q;-1;;+2. The van der Waals surface area contributed by atoms with Crippen LogP contribution in [0.3, 0.4) is 0 Å². The Bertz CT molecular complexity index is 251. The molecule has 92 valence electrons. The molecule has 17 heavy (non-hydrogen) atoms. The van der Waals surface area contributed by atoms with Crippen LogP contribution in [0.2, 0.25) is 0 Å². The van der Waals surface area contributed by atoms with E-state index >= 15 is 0 Å². The summed E-state index contributed by atoms with van der Waals surface area (Å²) < 4.78 is 0. The summed E-state index contributed by atoms with van der Waals surface area (Å²) in [4.78, 5) is 2.41. The Morgan fingerprint density at radius 1 is 1.18 bits per heavy atom. The number of benzene rings is 1. The van der Waals surface area contributed by atoms with Gasteiger partial charge in [0.05, 0.1) is 0 Å². The average molecular weight is 311 g/mol. The van der Waals surface area contributed by atoms with Gasteiger partial charge in [-0.25, -0.2) is 0 Å². The number of piperazine rings is 1. The number of para-hydroxylation sites is 1. The van der Waals surface area contributed by atoms with Gasteiger partial charge in [-0.15, -0.1) is 17.0 Å². The van der Waals surface area contributed by atoms with Crippen molar-refractivity contribution in [3.63, 3.8) is 0 Å². The van der Waals surface area contributed by atoms with Crippen molar-refractivity contribution in [2.24, 2.45) is 0 Å². The van der Waals surface area contributed by atoms with Crippen molar-refractivity contribution in [1.29, 1.82) is 0 Å². The van der Waals surface area contributed by atoms with Crippen molar-refractivity contribution in [1.82, 2.24) is 5.32 Å². The van der Waals surface area contributed by atoms with Crippen LogP contribution < -0.4 is 10.2 Å². The molecule has 0 radical (unpaired) electrons. The molecule has 1 aromatic carbocycles. The minimum absolute atomic E-state index is 0. The van der Waals surface area contributed by atoms with Gasteiger partial charge in [0.25, 0.3) is 0 Å². The summed E-state index contributed by atoms with van der Waals surface area (Å²) in [6.07, 6.45) is 1.00. The molecule has 2 rings (SSSR count). The Morgan fingerprint density at radius 3 is 2.12 bits per heavy atom. The van der Waals surface area contributed by atoms with Crippen LogP contribution in [0.5, 0.6) is 0 Å². The summed E-state index contributed by atoms with van der Waals surface area (Å²) in [6, 6.07) is 10.6.